The monoisotopic (exact) mass is 295 g/mol. The minimum atomic E-state index is 0.793. The number of nitrogens with one attached hydrogen (secondary N) is 1. The predicted octanol–water partition coefficient (Wildman–Crippen LogP) is 6.18. The SMILES string of the molecule is CCCCC(CC)CC(NCCC)C1CCCC(CC)C1. The zero-order valence-corrected chi connectivity index (χ0v) is 15.3. The minimum absolute atomic E-state index is 0.793. The van der Waals surface area contributed by atoms with E-state index in [1.807, 2.05) is 0 Å². The summed E-state index contributed by atoms with van der Waals surface area (Å²) in [6.45, 7) is 10.6. The summed E-state index contributed by atoms with van der Waals surface area (Å²) >= 11 is 0. The van der Waals surface area contributed by atoms with E-state index in [-0.39, 0.29) is 0 Å². The van der Waals surface area contributed by atoms with Gasteiger partial charge in [-0.25, -0.2) is 0 Å². The van der Waals surface area contributed by atoms with Crippen molar-refractivity contribution in [2.24, 2.45) is 17.8 Å². The van der Waals surface area contributed by atoms with Crippen LogP contribution in [0.2, 0.25) is 0 Å². The molecule has 0 heterocycles. The van der Waals surface area contributed by atoms with Crippen molar-refractivity contribution in [2.45, 2.75) is 104 Å². The number of hydrogen-bond donors (Lipinski definition) is 1. The first-order valence-corrected chi connectivity index (χ1v) is 9.98. The van der Waals surface area contributed by atoms with Gasteiger partial charge in [-0.1, -0.05) is 72.6 Å². The van der Waals surface area contributed by atoms with E-state index >= 15 is 0 Å². The molecule has 1 aliphatic carbocycles. The summed E-state index contributed by atoms with van der Waals surface area (Å²) in [5.41, 5.74) is 0. The van der Waals surface area contributed by atoms with Crippen LogP contribution in [0.15, 0.2) is 0 Å². The van der Waals surface area contributed by atoms with Crippen molar-refractivity contribution in [3.63, 3.8) is 0 Å². The predicted molar refractivity (Wildman–Crippen MR) is 95.7 cm³/mol. The van der Waals surface area contributed by atoms with Crippen molar-refractivity contribution in [2.75, 3.05) is 6.54 Å². The molecule has 0 aromatic heterocycles. The minimum Gasteiger partial charge on any atom is -0.314 e. The third-order valence-corrected chi connectivity index (χ3v) is 5.76. The van der Waals surface area contributed by atoms with Crippen LogP contribution in [0.1, 0.15) is 98.3 Å². The summed E-state index contributed by atoms with van der Waals surface area (Å²) in [5, 5.41) is 3.92. The molecule has 21 heavy (non-hydrogen) atoms. The van der Waals surface area contributed by atoms with Gasteiger partial charge in [-0.3, -0.25) is 0 Å². The fourth-order valence-corrected chi connectivity index (χ4v) is 4.18. The lowest BCUT2D eigenvalue weighted by Crippen LogP contribution is -2.40. The van der Waals surface area contributed by atoms with Gasteiger partial charge in [-0.15, -0.1) is 0 Å². The van der Waals surface area contributed by atoms with Gasteiger partial charge in [0, 0.05) is 6.04 Å². The highest BCUT2D eigenvalue weighted by atomic mass is 14.9. The molecule has 1 nitrogen and oxygen atoms in total. The second kappa shape index (κ2) is 11.5. The van der Waals surface area contributed by atoms with Crippen LogP contribution in [0.25, 0.3) is 0 Å². The van der Waals surface area contributed by atoms with Crippen LogP contribution in [-0.2, 0) is 0 Å². The van der Waals surface area contributed by atoms with Crippen LogP contribution < -0.4 is 5.32 Å². The quantitative estimate of drug-likeness (QED) is 0.480. The van der Waals surface area contributed by atoms with Crippen LogP contribution in [0.3, 0.4) is 0 Å². The van der Waals surface area contributed by atoms with E-state index in [0.717, 1.165) is 23.8 Å². The van der Waals surface area contributed by atoms with E-state index in [0.29, 0.717) is 0 Å². The summed E-state index contributed by atoms with van der Waals surface area (Å²) < 4.78 is 0. The van der Waals surface area contributed by atoms with Crippen molar-refractivity contribution < 1.29 is 0 Å². The molecule has 1 rings (SSSR count). The first kappa shape index (κ1) is 19.0. The molecule has 0 amide bonds. The Morgan fingerprint density at radius 2 is 1.86 bits per heavy atom. The van der Waals surface area contributed by atoms with Crippen molar-refractivity contribution >= 4 is 0 Å². The maximum absolute atomic E-state index is 3.92. The molecule has 1 fully saturated rings. The van der Waals surface area contributed by atoms with Crippen LogP contribution >= 0.6 is 0 Å². The molecule has 126 valence electrons. The van der Waals surface area contributed by atoms with Crippen molar-refractivity contribution in [3.05, 3.63) is 0 Å². The average Bonchev–Trinajstić information content (AvgIpc) is 2.54. The molecule has 0 spiro atoms. The molecule has 0 saturated heterocycles. The first-order valence-electron chi connectivity index (χ1n) is 9.98. The van der Waals surface area contributed by atoms with Gasteiger partial charge >= 0.3 is 0 Å². The normalized spacial score (nSPS) is 25.7. The third kappa shape index (κ3) is 7.17. The summed E-state index contributed by atoms with van der Waals surface area (Å²) in [6.07, 6.45) is 15.6. The molecule has 4 unspecified atom stereocenters. The number of hydrogen-bond acceptors (Lipinski definition) is 1. The molecular formula is C20H41N. The second-order valence-corrected chi connectivity index (χ2v) is 7.41. The van der Waals surface area contributed by atoms with Crippen LogP contribution in [0.4, 0.5) is 0 Å². The lowest BCUT2D eigenvalue weighted by atomic mass is 9.74. The van der Waals surface area contributed by atoms with E-state index in [4.69, 9.17) is 0 Å². The van der Waals surface area contributed by atoms with Crippen LogP contribution in [0, 0.1) is 17.8 Å². The Balaban J connectivity index is 2.56. The Kier molecular flexibility index (Phi) is 10.4. The molecule has 0 aliphatic heterocycles. The topological polar surface area (TPSA) is 12.0 Å². The molecule has 0 aromatic carbocycles. The second-order valence-electron chi connectivity index (χ2n) is 7.41. The van der Waals surface area contributed by atoms with Gasteiger partial charge in [-0.2, -0.15) is 0 Å². The fraction of sp³-hybridized carbons (Fsp3) is 1.00. The van der Waals surface area contributed by atoms with E-state index in [2.05, 4.69) is 33.0 Å². The number of unbranched alkanes of at least 4 members (excludes halogenated alkanes) is 1. The van der Waals surface area contributed by atoms with Gasteiger partial charge < -0.3 is 5.32 Å². The standard InChI is InChI=1S/C20H41N/c1-5-9-11-18(8-4)16-20(21-14-6-2)19-13-10-12-17(7-3)15-19/h17-21H,5-16H2,1-4H3. The molecule has 4 atom stereocenters. The van der Waals surface area contributed by atoms with E-state index in [1.165, 1.54) is 77.2 Å². The summed E-state index contributed by atoms with van der Waals surface area (Å²) in [5.74, 6) is 2.90. The maximum Gasteiger partial charge on any atom is 0.00980 e. The molecule has 0 bridgehead atoms. The average molecular weight is 296 g/mol. The zero-order chi connectivity index (χ0) is 15.5. The Morgan fingerprint density at radius 1 is 1.05 bits per heavy atom. The van der Waals surface area contributed by atoms with Gasteiger partial charge in [0.15, 0.2) is 0 Å². The third-order valence-electron chi connectivity index (χ3n) is 5.76. The molecule has 1 saturated carbocycles. The number of rotatable bonds is 11. The van der Waals surface area contributed by atoms with Crippen molar-refractivity contribution in [3.8, 4) is 0 Å². The highest BCUT2D eigenvalue weighted by Crippen LogP contribution is 2.35. The van der Waals surface area contributed by atoms with Gasteiger partial charge in [-0.05, 0) is 50.0 Å². The van der Waals surface area contributed by atoms with Gasteiger partial charge in [0.25, 0.3) is 0 Å². The summed E-state index contributed by atoms with van der Waals surface area (Å²) in [4.78, 5) is 0. The van der Waals surface area contributed by atoms with E-state index in [9.17, 15) is 0 Å². The smallest absolute Gasteiger partial charge is 0.00980 e. The van der Waals surface area contributed by atoms with E-state index in [1.54, 1.807) is 0 Å². The van der Waals surface area contributed by atoms with Gasteiger partial charge in [0.2, 0.25) is 0 Å². The zero-order valence-electron chi connectivity index (χ0n) is 15.3. The molecular weight excluding hydrogens is 254 g/mol. The summed E-state index contributed by atoms with van der Waals surface area (Å²) in [7, 11) is 0. The molecule has 1 heteroatoms. The maximum atomic E-state index is 3.92. The largest absolute Gasteiger partial charge is 0.314 e. The molecule has 1 aliphatic rings. The fourth-order valence-electron chi connectivity index (χ4n) is 4.18. The van der Waals surface area contributed by atoms with Crippen molar-refractivity contribution in [1.82, 2.24) is 5.32 Å². The molecule has 0 aromatic rings. The lowest BCUT2D eigenvalue weighted by molar-refractivity contribution is 0.183. The Bertz CT molecular complexity index is 238. The Labute approximate surface area is 134 Å². The van der Waals surface area contributed by atoms with Crippen LogP contribution in [-0.4, -0.2) is 12.6 Å². The van der Waals surface area contributed by atoms with E-state index < -0.39 is 0 Å². The van der Waals surface area contributed by atoms with Gasteiger partial charge in [0.1, 0.15) is 0 Å². The summed E-state index contributed by atoms with van der Waals surface area (Å²) in [6, 6.07) is 0.793. The lowest BCUT2D eigenvalue weighted by Gasteiger charge is -2.36. The Hall–Kier alpha value is -0.0400. The Morgan fingerprint density at radius 3 is 2.48 bits per heavy atom. The first-order chi connectivity index (χ1) is 10.2. The molecule has 0 radical (unpaired) electrons. The molecule has 1 N–H and O–H groups in total. The van der Waals surface area contributed by atoms with Crippen LogP contribution in [0.5, 0.6) is 0 Å². The highest BCUT2D eigenvalue weighted by molar-refractivity contribution is 4.84. The van der Waals surface area contributed by atoms with Crippen molar-refractivity contribution in [1.29, 1.82) is 0 Å². The van der Waals surface area contributed by atoms with Gasteiger partial charge in [0.05, 0.1) is 0 Å². The highest BCUT2D eigenvalue weighted by Gasteiger charge is 2.28.